The number of benzene rings is 3. The molecule has 6 rings (SSSR count). The van der Waals surface area contributed by atoms with Crippen molar-refractivity contribution in [2.45, 2.75) is 52.3 Å². The van der Waals surface area contributed by atoms with Crippen LogP contribution in [0.3, 0.4) is 0 Å². The molecule has 254 valence electrons. The Kier molecular flexibility index (Phi) is 11.4. The van der Waals surface area contributed by atoms with Gasteiger partial charge in [-0.25, -0.2) is 14.2 Å². The number of halogens is 1. The summed E-state index contributed by atoms with van der Waals surface area (Å²) in [6, 6.07) is 15.1. The second-order valence-corrected chi connectivity index (χ2v) is 11.7. The van der Waals surface area contributed by atoms with E-state index in [1.807, 2.05) is 56.3 Å². The summed E-state index contributed by atoms with van der Waals surface area (Å²) in [4.78, 5) is 41.4. The monoisotopic (exact) mass is 661 g/mol. The standard InChI is InChI=1S/C33H36FN5O5.C2H4O2/c1-18-11-22-5-7-26(18)19(2)17-43-33(42)38-25-13-23(30(28(34)14-25)44-20(3)16-40)15-39(4)32(41)29(22)37-24-6-8-27-21(12-24)9-10-36-31(27)35;1-2(3)4/h5-14,19-20,29,37,40H,15-17H2,1-4H3,(H2,35,36)(H,38,42);1H3,(H,3,4)/t19-,20+,29+;/m0./s1. The summed E-state index contributed by atoms with van der Waals surface area (Å²) in [5.74, 6) is -1.72. The molecule has 2 aliphatic heterocycles. The van der Waals surface area contributed by atoms with Gasteiger partial charge in [0, 0.05) is 61.0 Å². The third kappa shape index (κ3) is 8.68. The maximum atomic E-state index is 15.4. The van der Waals surface area contributed by atoms with Crippen molar-refractivity contribution in [2.24, 2.45) is 0 Å². The number of rotatable bonds is 5. The largest absolute Gasteiger partial charge is 0.485 e. The molecule has 0 radical (unpaired) electrons. The lowest BCUT2D eigenvalue weighted by Gasteiger charge is -2.28. The van der Waals surface area contributed by atoms with E-state index in [9.17, 15) is 14.7 Å². The maximum Gasteiger partial charge on any atom is 0.411 e. The van der Waals surface area contributed by atoms with E-state index >= 15 is 4.39 Å². The van der Waals surface area contributed by atoms with Gasteiger partial charge in [0.25, 0.3) is 5.97 Å². The van der Waals surface area contributed by atoms with E-state index in [-0.39, 0.29) is 43.0 Å². The Morgan fingerprint density at radius 1 is 1.21 bits per heavy atom. The number of nitrogens with zero attached hydrogens (tertiary/aromatic N) is 2. The number of likely N-dealkylation sites (N-methyl/N-ethyl adjacent to an activating group) is 1. The third-order valence-electron chi connectivity index (χ3n) is 7.70. The number of carboxylic acid groups (broad SMARTS) is 1. The number of pyridine rings is 1. The van der Waals surface area contributed by atoms with Crippen LogP contribution in [0.1, 0.15) is 55.0 Å². The normalized spacial score (nSPS) is 17.1. The van der Waals surface area contributed by atoms with Crippen molar-refractivity contribution in [1.29, 1.82) is 0 Å². The molecular weight excluding hydrogens is 621 g/mol. The van der Waals surface area contributed by atoms with E-state index in [2.05, 4.69) is 15.6 Å². The molecule has 0 aliphatic carbocycles. The summed E-state index contributed by atoms with van der Waals surface area (Å²) in [5.41, 5.74) is 9.82. The van der Waals surface area contributed by atoms with Gasteiger partial charge in [-0.2, -0.15) is 0 Å². The molecule has 12 nitrogen and oxygen atoms in total. The smallest absolute Gasteiger partial charge is 0.411 e. The molecule has 0 saturated carbocycles. The summed E-state index contributed by atoms with van der Waals surface area (Å²) in [5, 5.41) is 24.6. The topological polar surface area (TPSA) is 176 Å². The molecule has 6 N–H and O–H groups in total. The highest BCUT2D eigenvalue weighted by atomic mass is 19.1. The van der Waals surface area contributed by atoms with Crippen LogP contribution >= 0.6 is 0 Å². The molecule has 1 aromatic heterocycles. The zero-order valence-electron chi connectivity index (χ0n) is 27.4. The molecule has 3 heterocycles. The van der Waals surface area contributed by atoms with Crippen LogP contribution in [-0.2, 0) is 20.9 Å². The van der Waals surface area contributed by atoms with Crippen LogP contribution in [0.4, 0.5) is 26.4 Å². The third-order valence-corrected chi connectivity index (χ3v) is 7.70. The molecule has 13 heteroatoms. The van der Waals surface area contributed by atoms with E-state index in [0.29, 0.717) is 17.1 Å². The lowest BCUT2D eigenvalue weighted by Crippen LogP contribution is -2.35. The molecule has 0 fully saturated rings. The van der Waals surface area contributed by atoms with Crippen LogP contribution < -0.4 is 21.1 Å². The first-order chi connectivity index (χ1) is 22.8. The van der Waals surface area contributed by atoms with E-state index in [4.69, 9.17) is 25.1 Å². The molecule has 0 unspecified atom stereocenters. The van der Waals surface area contributed by atoms with Crippen molar-refractivity contribution < 1.29 is 38.5 Å². The van der Waals surface area contributed by atoms with Crippen LogP contribution in [0.2, 0.25) is 0 Å². The van der Waals surface area contributed by atoms with Gasteiger partial charge in [0.05, 0.1) is 13.2 Å². The van der Waals surface area contributed by atoms with Gasteiger partial charge in [-0.3, -0.25) is 14.9 Å². The van der Waals surface area contributed by atoms with Crippen LogP contribution in [-0.4, -0.2) is 64.4 Å². The van der Waals surface area contributed by atoms with Gasteiger partial charge in [0.1, 0.15) is 18.0 Å². The predicted molar refractivity (Wildman–Crippen MR) is 180 cm³/mol. The number of aliphatic hydroxyl groups is 1. The Morgan fingerprint density at radius 3 is 2.62 bits per heavy atom. The average Bonchev–Trinajstić information content (AvgIpc) is 3.03. The highest BCUT2D eigenvalue weighted by Gasteiger charge is 2.28. The SMILES string of the molecule is CC(=O)O.Cc1cc2ccc1[C@@H](C)COC(=O)Nc1cc(F)c(O[C@H](C)CO)c(c1)CN(C)C(=O)[C@@H]2Nc1ccc2c(N)nccc2c1. The number of aliphatic hydroxyl groups excluding tert-OH is 1. The molecule has 48 heavy (non-hydrogen) atoms. The van der Waals surface area contributed by atoms with Gasteiger partial charge in [-0.05, 0) is 66.3 Å². The van der Waals surface area contributed by atoms with E-state index in [1.54, 1.807) is 20.2 Å². The molecule has 0 saturated heterocycles. The zero-order valence-corrected chi connectivity index (χ0v) is 27.4. The minimum atomic E-state index is -0.833. The molecule has 4 aromatic rings. The summed E-state index contributed by atoms with van der Waals surface area (Å²) >= 11 is 0. The quantitative estimate of drug-likeness (QED) is 0.181. The van der Waals surface area contributed by atoms with Gasteiger partial charge < -0.3 is 35.6 Å². The summed E-state index contributed by atoms with van der Waals surface area (Å²) in [6.45, 7) is 6.27. The number of ether oxygens (including phenoxy) is 2. The first-order valence-corrected chi connectivity index (χ1v) is 15.3. The predicted octanol–water partition coefficient (Wildman–Crippen LogP) is 5.59. The Balaban J connectivity index is 0.00000123. The fourth-order valence-corrected chi connectivity index (χ4v) is 5.39. The molecule has 2 aliphatic rings. The first-order valence-electron chi connectivity index (χ1n) is 15.3. The number of hydrogen-bond donors (Lipinski definition) is 5. The Bertz CT molecular complexity index is 1810. The van der Waals surface area contributed by atoms with Crippen molar-refractivity contribution in [1.82, 2.24) is 9.88 Å². The zero-order chi connectivity index (χ0) is 35.1. The summed E-state index contributed by atoms with van der Waals surface area (Å²) in [7, 11) is 1.61. The summed E-state index contributed by atoms with van der Waals surface area (Å²) in [6.07, 6.45) is 0.190. The molecule has 4 bridgehead atoms. The molecule has 3 aromatic carbocycles. The van der Waals surface area contributed by atoms with E-state index in [0.717, 1.165) is 40.5 Å². The average molecular weight is 662 g/mol. The van der Waals surface area contributed by atoms with Crippen LogP contribution in [0.5, 0.6) is 5.75 Å². The maximum absolute atomic E-state index is 15.4. The number of aromatic nitrogens is 1. The van der Waals surface area contributed by atoms with Crippen molar-refractivity contribution in [3.8, 4) is 5.75 Å². The lowest BCUT2D eigenvalue weighted by atomic mass is 9.93. The van der Waals surface area contributed by atoms with E-state index in [1.165, 1.54) is 11.0 Å². The van der Waals surface area contributed by atoms with Gasteiger partial charge in [-0.15, -0.1) is 0 Å². The molecular formula is C35H40FN5O7. The molecule has 3 atom stereocenters. The van der Waals surface area contributed by atoms with Crippen molar-refractivity contribution in [2.75, 3.05) is 36.6 Å². The van der Waals surface area contributed by atoms with Gasteiger partial charge in [-0.1, -0.05) is 25.1 Å². The number of anilines is 3. The van der Waals surface area contributed by atoms with Crippen molar-refractivity contribution >= 4 is 45.9 Å². The number of hydrogen-bond acceptors (Lipinski definition) is 9. The van der Waals surface area contributed by atoms with Crippen LogP contribution in [0, 0.1) is 12.7 Å². The van der Waals surface area contributed by atoms with Gasteiger partial charge in [0.15, 0.2) is 11.6 Å². The van der Waals surface area contributed by atoms with Crippen molar-refractivity contribution in [3.63, 3.8) is 0 Å². The number of nitrogens with two attached hydrogens (primary N) is 1. The van der Waals surface area contributed by atoms with Gasteiger partial charge >= 0.3 is 6.09 Å². The van der Waals surface area contributed by atoms with Crippen LogP contribution in [0.25, 0.3) is 10.8 Å². The molecule has 2 amide bonds. The number of aliphatic carboxylic acids is 1. The number of carbonyl (C=O) groups is 3. The van der Waals surface area contributed by atoms with Crippen LogP contribution in [0.15, 0.2) is 60.8 Å². The second kappa shape index (κ2) is 15.4. The Hall–Kier alpha value is -5.43. The first kappa shape index (κ1) is 35.4. The minimum absolute atomic E-state index is 0.0555. The fraction of sp³-hybridized carbons (Fsp3) is 0.314. The minimum Gasteiger partial charge on any atom is -0.485 e. The number of carboxylic acids is 1. The number of nitrogens with one attached hydrogen (secondary N) is 2. The van der Waals surface area contributed by atoms with Gasteiger partial charge in [0.2, 0.25) is 5.91 Å². The Labute approximate surface area is 277 Å². The van der Waals surface area contributed by atoms with Crippen molar-refractivity contribution in [3.05, 3.63) is 88.9 Å². The lowest BCUT2D eigenvalue weighted by molar-refractivity contribution is -0.134. The highest BCUT2D eigenvalue weighted by molar-refractivity contribution is 5.94. The number of fused-ring (bicyclic) bond motifs is 10. The number of carbonyl (C=O) groups excluding carboxylic acids is 2. The number of amides is 2. The summed E-state index contributed by atoms with van der Waals surface area (Å²) < 4.78 is 26.5. The fourth-order valence-electron chi connectivity index (χ4n) is 5.39. The highest BCUT2D eigenvalue weighted by Crippen LogP contribution is 2.33. The second-order valence-electron chi connectivity index (χ2n) is 11.7. The molecule has 0 spiro atoms. The Morgan fingerprint density at radius 2 is 1.94 bits per heavy atom. The number of aryl methyl sites for hydroxylation is 1. The number of nitrogen functional groups attached to an aromatic ring is 1. The van der Waals surface area contributed by atoms with E-state index < -0.39 is 30.0 Å².